The van der Waals surface area contributed by atoms with E-state index >= 15 is 0 Å². The van der Waals surface area contributed by atoms with Gasteiger partial charge in [0.1, 0.15) is 5.82 Å². The van der Waals surface area contributed by atoms with E-state index in [0.717, 1.165) is 10.0 Å². The smallest absolute Gasteiger partial charge is 0.124 e. The van der Waals surface area contributed by atoms with Gasteiger partial charge in [0.05, 0.1) is 0 Å². The van der Waals surface area contributed by atoms with Gasteiger partial charge in [0.25, 0.3) is 0 Å². The Balaban J connectivity index is 2.72. The molecule has 1 aromatic carbocycles. The van der Waals surface area contributed by atoms with Crippen LogP contribution in [0.15, 0.2) is 22.7 Å². The molecule has 1 rings (SSSR count). The van der Waals surface area contributed by atoms with Crippen molar-refractivity contribution in [2.24, 2.45) is 0 Å². The standard InChI is InChI=1S/C9H10BrFO/c10-8-4-7(2-1-3-12)5-9(11)6-8/h4-6,12H,1-3H2. The maximum atomic E-state index is 12.8. The zero-order valence-corrected chi connectivity index (χ0v) is 8.14. The van der Waals surface area contributed by atoms with Gasteiger partial charge in [-0.2, -0.15) is 0 Å². The van der Waals surface area contributed by atoms with Crippen LogP contribution in [0.4, 0.5) is 4.39 Å². The summed E-state index contributed by atoms with van der Waals surface area (Å²) in [5.74, 6) is -0.239. The molecule has 0 atom stereocenters. The van der Waals surface area contributed by atoms with Crippen LogP contribution in [-0.2, 0) is 6.42 Å². The van der Waals surface area contributed by atoms with Crippen LogP contribution in [0.1, 0.15) is 12.0 Å². The molecule has 0 fully saturated rings. The van der Waals surface area contributed by atoms with Gasteiger partial charge in [0, 0.05) is 11.1 Å². The van der Waals surface area contributed by atoms with Gasteiger partial charge in [0.15, 0.2) is 0 Å². The van der Waals surface area contributed by atoms with Crippen molar-refractivity contribution in [2.75, 3.05) is 6.61 Å². The molecule has 1 aromatic rings. The van der Waals surface area contributed by atoms with E-state index in [1.165, 1.54) is 12.1 Å². The van der Waals surface area contributed by atoms with Crippen molar-refractivity contribution in [1.82, 2.24) is 0 Å². The van der Waals surface area contributed by atoms with E-state index in [0.29, 0.717) is 12.8 Å². The number of rotatable bonds is 3. The quantitative estimate of drug-likeness (QED) is 0.850. The normalized spacial score (nSPS) is 10.2. The van der Waals surface area contributed by atoms with Gasteiger partial charge in [-0.3, -0.25) is 0 Å². The maximum Gasteiger partial charge on any atom is 0.124 e. The van der Waals surface area contributed by atoms with Crippen LogP contribution < -0.4 is 0 Å². The summed E-state index contributed by atoms with van der Waals surface area (Å²) in [7, 11) is 0. The third kappa shape index (κ3) is 2.91. The molecule has 12 heavy (non-hydrogen) atoms. The Bertz CT molecular complexity index is 242. The fourth-order valence-electron chi connectivity index (χ4n) is 1.04. The fourth-order valence-corrected chi connectivity index (χ4v) is 1.55. The van der Waals surface area contributed by atoms with Crippen LogP contribution >= 0.6 is 15.9 Å². The highest BCUT2D eigenvalue weighted by molar-refractivity contribution is 9.10. The summed E-state index contributed by atoms with van der Waals surface area (Å²) in [5.41, 5.74) is 0.913. The summed E-state index contributed by atoms with van der Waals surface area (Å²) in [6.45, 7) is 0.147. The molecular weight excluding hydrogens is 223 g/mol. The minimum absolute atomic E-state index is 0.147. The van der Waals surface area contributed by atoms with E-state index in [1.807, 2.05) is 6.07 Å². The van der Waals surface area contributed by atoms with Crippen LogP contribution in [0.5, 0.6) is 0 Å². The lowest BCUT2D eigenvalue weighted by Gasteiger charge is -2.00. The number of halogens is 2. The molecule has 0 aliphatic rings. The molecule has 0 aliphatic carbocycles. The summed E-state index contributed by atoms with van der Waals surface area (Å²) in [4.78, 5) is 0. The Morgan fingerprint density at radius 3 is 2.67 bits per heavy atom. The van der Waals surface area contributed by atoms with E-state index in [9.17, 15) is 4.39 Å². The first-order chi connectivity index (χ1) is 5.72. The Kier molecular flexibility index (Phi) is 3.69. The molecule has 1 N–H and O–H groups in total. The lowest BCUT2D eigenvalue weighted by molar-refractivity contribution is 0.288. The van der Waals surface area contributed by atoms with Crippen LogP contribution in [0, 0.1) is 5.82 Å². The molecule has 0 heterocycles. The molecule has 0 bridgehead atoms. The van der Waals surface area contributed by atoms with Crippen LogP contribution in [0.2, 0.25) is 0 Å². The minimum atomic E-state index is -0.239. The van der Waals surface area contributed by atoms with E-state index in [-0.39, 0.29) is 12.4 Å². The molecule has 0 spiro atoms. The van der Waals surface area contributed by atoms with Gasteiger partial charge < -0.3 is 5.11 Å². The number of hydrogen-bond acceptors (Lipinski definition) is 1. The summed E-state index contributed by atoms with van der Waals surface area (Å²) >= 11 is 3.20. The lowest BCUT2D eigenvalue weighted by Crippen LogP contribution is -1.90. The first kappa shape index (κ1) is 9.68. The van der Waals surface area contributed by atoms with Crippen molar-refractivity contribution in [2.45, 2.75) is 12.8 Å². The zero-order chi connectivity index (χ0) is 8.97. The van der Waals surface area contributed by atoms with Gasteiger partial charge in [-0.25, -0.2) is 4.39 Å². The molecule has 0 saturated carbocycles. The lowest BCUT2D eigenvalue weighted by atomic mass is 10.1. The Morgan fingerprint density at radius 1 is 1.33 bits per heavy atom. The number of aliphatic hydroxyl groups is 1. The third-order valence-corrected chi connectivity index (χ3v) is 2.00. The van der Waals surface area contributed by atoms with Crippen LogP contribution in [0.3, 0.4) is 0 Å². The second-order valence-corrected chi connectivity index (χ2v) is 3.52. The topological polar surface area (TPSA) is 20.2 Å². The monoisotopic (exact) mass is 232 g/mol. The second-order valence-electron chi connectivity index (χ2n) is 2.60. The third-order valence-electron chi connectivity index (χ3n) is 1.55. The molecule has 1 nitrogen and oxygen atoms in total. The van der Waals surface area contributed by atoms with E-state index in [1.54, 1.807) is 0 Å². The summed E-state index contributed by atoms with van der Waals surface area (Å²) < 4.78 is 13.5. The van der Waals surface area contributed by atoms with Gasteiger partial charge >= 0.3 is 0 Å². The highest BCUT2D eigenvalue weighted by Crippen LogP contribution is 2.15. The zero-order valence-electron chi connectivity index (χ0n) is 6.56. The number of benzene rings is 1. The first-order valence-corrected chi connectivity index (χ1v) is 4.57. The van der Waals surface area contributed by atoms with E-state index in [2.05, 4.69) is 15.9 Å². The highest BCUT2D eigenvalue weighted by atomic mass is 79.9. The fraction of sp³-hybridized carbons (Fsp3) is 0.333. The SMILES string of the molecule is OCCCc1cc(F)cc(Br)c1. The van der Waals surface area contributed by atoms with E-state index < -0.39 is 0 Å². The Morgan fingerprint density at radius 2 is 2.08 bits per heavy atom. The van der Waals surface area contributed by atoms with E-state index in [4.69, 9.17) is 5.11 Å². The number of aryl methyl sites for hydroxylation is 1. The Hall–Kier alpha value is -0.410. The maximum absolute atomic E-state index is 12.8. The molecule has 0 amide bonds. The number of hydrogen-bond donors (Lipinski definition) is 1. The predicted molar refractivity (Wildman–Crippen MR) is 49.5 cm³/mol. The number of aliphatic hydroxyl groups excluding tert-OH is 1. The average molecular weight is 233 g/mol. The summed E-state index contributed by atoms with van der Waals surface area (Å²) in [5, 5.41) is 8.56. The molecule has 0 unspecified atom stereocenters. The molecular formula is C9H10BrFO. The van der Waals surface area contributed by atoms with Crippen molar-refractivity contribution < 1.29 is 9.50 Å². The average Bonchev–Trinajstić information content (AvgIpc) is 1.99. The van der Waals surface area contributed by atoms with Crippen molar-refractivity contribution in [3.05, 3.63) is 34.1 Å². The molecule has 0 saturated heterocycles. The Labute approximate surface area is 79.4 Å². The van der Waals surface area contributed by atoms with Gasteiger partial charge in [-0.15, -0.1) is 0 Å². The van der Waals surface area contributed by atoms with Crippen LogP contribution in [0.25, 0.3) is 0 Å². The molecule has 3 heteroatoms. The molecule has 66 valence electrons. The van der Waals surface area contributed by atoms with Gasteiger partial charge in [-0.05, 0) is 36.6 Å². The molecule has 0 aliphatic heterocycles. The van der Waals surface area contributed by atoms with Crippen molar-refractivity contribution >= 4 is 15.9 Å². The first-order valence-electron chi connectivity index (χ1n) is 3.78. The predicted octanol–water partition coefficient (Wildman–Crippen LogP) is 2.51. The van der Waals surface area contributed by atoms with Crippen molar-refractivity contribution in [1.29, 1.82) is 0 Å². The molecule has 0 aromatic heterocycles. The van der Waals surface area contributed by atoms with Crippen LogP contribution in [-0.4, -0.2) is 11.7 Å². The van der Waals surface area contributed by atoms with Gasteiger partial charge in [-0.1, -0.05) is 15.9 Å². The molecule has 0 radical (unpaired) electrons. The van der Waals surface area contributed by atoms with Crippen molar-refractivity contribution in [3.63, 3.8) is 0 Å². The second kappa shape index (κ2) is 4.58. The van der Waals surface area contributed by atoms with Gasteiger partial charge in [0.2, 0.25) is 0 Å². The summed E-state index contributed by atoms with van der Waals surface area (Å²) in [6, 6.07) is 4.77. The highest BCUT2D eigenvalue weighted by Gasteiger charge is 1.98. The van der Waals surface area contributed by atoms with Crippen molar-refractivity contribution in [3.8, 4) is 0 Å². The largest absolute Gasteiger partial charge is 0.396 e. The minimum Gasteiger partial charge on any atom is -0.396 e. The summed E-state index contributed by atoms with van der Waals surface area (Å²) in [6.07, 6.45) is 1.39.